The standard InChI is InChI=1S/C19H23ClF2N2O3S/c1-12-6-13(8-15(20)7-12)11-24-5-4-14-9-17(27-3)18(10-16(14)26-2)28(23,25)19(21)22/h6-10,19,23-24H,4-5,11H2,1-3H3. The average molecular weight is 433 g/mol. The van der Waals surface area contributed by atoms with Crippen molar-refractivity contribution in [1.82, 2.24) is 5.32 Å². The highest BCUT2D eigenvalue weighted by Crippen LogP contribution is 2.35. The minimum atomic E-state index is -4.30. The summed E-state index contributed by atoms with van der Waals surface area (Å²) in [6, 6.07) is 8.50. The third-order valence-corrected chi connectivity index (χ3v) is 5.84. The van der Waals surface area contributed by atoms with Gasteiger partial charge in [-0.05, 0) is 54.8 Å². The Bertz CT molecular complexity index is 917. The van der Waals surface area contributed by atoms with E-state index in [1.807, 2.05) is 25.1 Å². The van der Waals surface area contributed by atoms with E-state index in [1.165, 1.54) is 26.4 Å². The van der Waals surface area contributed by atoms with Gasteiger partial charge in [0.05, 0.1) is 19.1 Å². The molecule has 0 spiro atoms. The fourth-order valence-corrected chi connectivity index (χ4v) is 4.06. The lowest BCUT2D eigenvalue weighted by Crippen LogP contribution is -2.17. The maximum atomic E-state index is 13.0. The molecule has 0 saturated carbocycles. The van der Waals surface area contributed by atoms with Crippen LogP contribution in [0.5, 0.6) is 11.5 Å². The molecule has 0 aliphatic heterocycles. The van der Waals surface area contributed by atoms with Gasteiger partial charge in [0.2, 0.25) is 0 Å². The van der Waals surface area contributed by atoms with Crippen molar-refractivity contribution in [2.75, 3.05) is 20.8 Å². The van der Waals surface area contributed by atoms with Crippen LogP contribution < -0.4 is 14.8 Å². The first-order valence-electron chi connectivity index (χ1n) is 8.46. The molecule has 5 nitrogen and oxygen atoms in total. The van der Waals surface area contributed by atoms with Gasteiger partial charge in [0, 0.05) is 17.6 Å². The lowest BCUT2D eigenvalue weighted by Gasteiger charge is -2.16. The number of nitrogens with one attached hydrogen (secondary N) is 2. The predicted molar refractivity (Wildman–Crippen MR) is 106 cm³/mol. The number of hydrogen-bond donors (Lipinski definition) is 2. The van der Waals surface area contributed by atoms with Crippen molar-refractivity contribution in [3.63, 3.8) is 0 Å². The zero-order chi connectivity index (χ0) is 20.9. The van der Waals surface area contributed by atoms with Crippen molar-refractivity contribution in [2.45, 2.75) is 30.5 Å². The van der Waals surface area contributed by atoms with E-state index in [9.17, 15) is 13.0 Å². The Kier molecular flexibility index (Phi) is 7.63. The highest BCUT2D eigenvalue weighted by molar-refractivity contribution is 7.92. The Morgan fingerprint density at radius 3 is 2.39 bits per heavy atom. The molecule has 0 aliphatic rings. The normalized spacial score (nSPS) is 13.4. The maximum Gasteiger partial charge on any atom is 0.323 e. The fraction of sp³-hybridized carbons (Fsp3) is 0.368. The summed E-state index contributed by atoms with van der Waals surface area (Å²) in [5.74, 6) is -3.04. The van der Waals surface area contributed by atoms with Gasteiger partial charge in [0.25, 0.3) is 0 Å². The van der Waals surface area contributed by atoms with E-state index in [1.54, 1.807) is 0 Å². The number of alkyl halides is 2. The Morgan fingerprint density at radius 2 is 1.82 bits per heavy atom. The molecule has 2 rings (SSSR count). The molecule has 0 aliphatic carbocycles. The molecule has 2 aromatic carbocycles. The van der Waals surface area contributed by atoms with Crippen molar-refractivity contribution in [2.24, 2.45) is 0 Å². The van der Waals surface area contributed by atoms with Gasteiger partial charge < -0.3 is 14.8 Å². The second kappa shape index (κ2) is 9.54. The monoisotopic (exact) mass is 432 g/mol. The SMILES string of the molecule is COc1cc(S(=N)(=O)C(F)F)c(OC)cc1CCNCc1cc(C)cc(Cl)c1. The smallest absolute Gasteiger partial charge is 0.323 e. The van der Waals surface area contributed by atoms with Crippen LogP contribution in [-0.2, 0) is 22.7 Å². The van der Waals surface area contributed by atoms with Crippen LogP contribution in [0.25, 0.3) is 0 Å². The molecular weight excluding hydrogens is 410 g/mol. The van der Waals surface area contributed by atoms with Crippen LogP contribution in [0, 0.1) is 11.7 Å². The summed E-state index contributed by atoms with van der Waals surface area (Å²) >= 11 is 6.06. The summed E-state index contributed by atoms with van der Waals surface area (Å²) in [4.78, 5) is -0.368. The van der Waals surface area contributed by atoms with E-state index in [0.29, 0.717) is 30.1 Å². The van der Waals surface area contributed by atoms with Gasteiger partial charge in [0.1, 0.15) is 21.2 Å². The van der Waals surface area contributed by atoms with Gasteiger partial charge in [-0.25, -0.2) is 8.99 Å². The minimum Gasteiger partial charge on any atom is -0.496 e. The molecule has 0 radical (unpaired) electrons. The second-order valence-corrected chi connectivity index (χ2v) is 8.67. The molecule has 9 heteroatoms. The minimum absolute atomic E-state index is 0.0124. The van der Waals surface area contributed by atoms with E-state index in [4.69, 9.17) is 25.9 Å². The van der Waals surface area contributed by atoms with E-state index < -0.39 is 15.5 Å². The van der Waals surface area contributed by atoms with Crippen molar-refractivity contribution < 1.29 is 22.5 Å². The molecule has 0 fully saturated rings. The molecule has 2 N–H and O–H groups in total. The molecule has 0 bridgehead atoms. The molecule has 0 saturated heterocycles. The Morgan fingerprint density at radius 1 is 1.14 bits per heavy atom. The largest absolute Gasteiger partial charge is 0.496 e. The summed E-state index contributed by atoms with van der Waals surface area (Å²) in [6.07, 6.45) is 0.521. The zero-order valence-corrected chi connectivity index (χ0v) is 17.4. The molecule has 1 unspecified atom stereocenters. The second-order valence-electron chi connectivity index (χ2n) is 6.24. The molecular formula is C19H23ClF2N2O3S. The maximum absolute atomic E-state index is 13.0. The van der Waals surface area contributed by atoms with Crippen molar-refractivity contribution in [3.8, 4) is 11.5 Å². The summed E-state index contributed by atoms with van der Waals surface area (Å²) in [5.41, 5.74) is 2.82. The fourth-order valence-electron chi connectivity index (χ4n) is 2.83. The number of benzene rings is 2. The summed E-state index contributed by atoms with van der Waals surface area (Å²) in [6.45, 7) is 3.16. The summed E-state index contributed by atoms with van der Waals surface area (Å²) in [5, 5.41) is 3.97. The first-order valence-corrected chi connectivity index (χ1v) is 10.5. The average Bonchev–Trinajstić information content (AvgIpc) is 2.63. The highest BCUT2D eigenvalue weighted by atomic mass is 35.5. The topological polar surface area (TPSA) is 71.4 Å². The van der Waals surface area contributed by atoms with E-state index in [2.05, 4.69) is 5.32 Å². The molecule has 2 aromatic rings. The van der Waals surface area contributed by atoms with Gasteiger partial charge in [-0.3, -0.25) is 0 Å². The van der Waals surface area contributed by atoms with Crippen molar-refractivity contribution >= 4 is 21.3 Å². The zero-order valence-electron chi connectivity index (χ0n) is 15.9. The molecule has 28 heavy (non-hydrogen) atoms. The van der Waals surface area contributed by atoms with Crippen LogP contribution in [-0.4, -0.2) is 30.7 Å². The highest BCUT2D eigenvalue weighted by Gasteiger charge is 2.27. The number of hydrogen-bond acceptors (Lipinski definition) is 5. The number of methoxy groups -OCH3 is 2. The number of halogens is 3. The van der Waals surface area contributed by atoms with E-state index >= 15 is 0 Å². The van der Waals surface area contributed by atoms with Gasteiger partial charge >= 0.3 is 5.76 Å². The third kappa shape index (κ3) is 5.33. The Balaban J connectivity index is 2.15. The first-order chi connectivity index (χ1) is 13.2. The van der Waals surface area contributed by atoms with E-state index in [-0.39, 0.29) is 16.4 Å². The predicted octanol–water partition coefficient (Wildman–Crippen LogP) is 4.63. The Labute approximate surface area is 169 Å². The number of rotatable bonds is 9. The van der Waals surface area contributed by atoms with E-state index in [0.717, 1.165) is 11.1 Å². The quantitative estimate of drug-likeness (QED) is 0.567. The lowest BCUT2D eigenvalue weighted by atomic mass is 10.1. The van der Waals surface area contributed by atoms with Crippen LogP contribution in [0.3, 0.4) is 0 Å². The summed E-state index contributed by atoms with van der Waals surface area (Å²) in [7, 11) is -1.62. The van der Waals surface area contributed by atoms with Gasteiger partial charge in [-0.15, -0.1) is 0 Å². The molecule has 0 aromatic heterocycles. The van der Waals surface area contributed by atoms with Gasteiger partial charge in [0.15, 0.2) is 0 Å². The van der Waals surface area contributed by atoms with Gasteiger partial charge in [-0.2, -0.15) is 8.78 Å². The third-order valence-electron chi connectivity index (χ3n) is 4.15. The Hall–Kier alpha value is -1.90. The van der Waals surface area contributed by atoms with Crippen LogP contribution in [0.1, 0.15) is 16.7 Å². The van der Waals surface area contributed by atoms with Crippen LogP contribution in [0.15, 0.2) is 35.2 Å². The molecule has 0 amide bonds. The molecule has 1 atom stereocenters. The molecule has 154 valence electrons. The van der Waals surface area contributed by atoms with Gasteiger partial charge in [-0.1, -0.05) is 17.7 Å². The van der Waals surface area contributed by atoms with Crippen LogP contribution in [0.2, 0.25) is 5.02 Å². The molecule has 0 heterocycles. The van der Waals surface area contributed by atoms with Crippen LogP contribution >= 0.6 is 11.6 Å². The number of aryl methyl sites for hydroxylation is 1. The van der Waals surface area contributed by atoms with Crippen molar-refractivity contribution in [1.29, 1.82) is 4.78 Å². The van der Waals surface area contributed by atoms with Crippen LogP contribution in [0.4, 0.5) is 8.78 Å². The summed E-state index contributed by atoms with van der Waals surface area (Å²) < 4.78 is 56.0. The van der Waals surface area contributed by atoms with Crippen molar-refractivity contribution in [3.05, 3.63) is 52.0 Å². The lowest BCUT2D eigenvalue weighted by molar-refractivity contribution is 0.240. The number of ether oxygens (including phenoxy) is 2. The first kappa shape index (κ1) is 22.4.